The Kier molecular flexibility index (Phi) is 6.91. The van der Waals surface area contributed by atoms with E-state index in [0.717, 1.165) is 6.42 Å². The van der Waals surface area contributed by atoms with Gasteiger partial charge in [-0.15, -0.1) is 0 Å². The maximum Gasteiger partial charge on any atom is 0.328 e. The molecule has 10 heteroatoms. The van der Waals surface area contributed by atoms with Crippen molar-refractivity contribution in [2.75, 3.05) is 6.54 Å². The second kappa shape index (κ2) is 8.44. The van der Waals surface area contributed by atoms with Crippen LogP contribution in [0.5, 0.6) is 0 Å². The van der Waals surface area contributed by atoms with E-state index in [2.05, 4.69) is 16.0 Å². The lowest BCUT2D eigenvalue weighted by molar-refractivity contribution is -0.145. The van der Waals surface area contributed by atoms with Gasteiger partial charge in [0.15, 0.2) is 6.04 Å². The summed E-state index contributed by atoms with van der Waals surface area (Å²) in [6.07, 6.45) is -0.412. The van der Waals surface area contributed by atoms with Crippen LogP contribution in [0.25, 0.3) is 0 Å². The highest BCUT2D eigenvalue weighted by Gasteiger charge is 2.32. The molecule has 1 fully saturated rings. The van der Waals surface area contributed by atoms with Crippen LogP contribution >= 0.6 is 0 Å². The maximum absolute atomic E-state index is 12.1. The Morgan fingerprint density at radius 3 is 2.39 bits per heavy atom. The first kappa shape index (κ1) is 18.8. The van der Waals surface area contributed by atoms with Gasteiger partial charge in [-0.2, -0.15) is 0 Å². The fourth-order valence-electron chi connectivity index (χ4n) is 2.23. The van der Waals surface area contributed by atoms with E-state index >= 15 is 0 Å². The number of carbonyl (C=O) groups excluding carboxylic acids is 3. The van der Waals surface area contributed by atoms with Gasteiger partial charge in [-0.3, -0.25) is 14.4 Å². The molecule has 0 aromatic rings. The fourth-order valence-corrected chi connectivity index (χ4v) is 2.23. The molecular weight excluding hydrogens is 308 g/mol. The molecule has 0 aromatic heterocycles. The van der Waals surface area contributed by atoms with Crippen LogP contribution in [0.2, 0.25) is 0 Å². The van der Waals surface area contributed by atoms with E-state index in [0.29, 0.717) is 13.0 Å². The van der Waals surface area contributed by atoms with E-state index in [9.17, 15) is 24.3 Å². The first-order valence-electron chi connectivity index (χ1n) is 7.25. The summed E-state index contributed by atoms with van der Waals surface area (Å²) in [6, 6.07) is -3.33. The van der Waals surface area contributed by atoms with Crippen molar-refractivity contribution in [1.82, 2.24) is 16.0 Å². The van der Waals surface area contributed by atoms with Gasteiger partial charge in [-0.25, -0.2) is 4.79 Å². The van der Waals surface area contributed by atoms with Gasteiger partial charge in [0, 0.05) is 0 Å². The summed E-state index contributed by atoms with van der Waals surface area (Å²) >= 11 is 0. The third kappa shape index (κ3) is 5.83. The quantitative estimate of drug-likeness (QED) is 0.276. The molecule has 0 aromatic carbocycles. The second-order valence-electron chi connectivity index (χ2n) is 5.45. The van der Waals surface area contributed by atoms with Crippen LogP contribution in [-0.2, 0) is 19.2 Å². The molecule has 0 radical (unpaired) electrons. The van der Waals surface area contributed by atoms with Crippen molar-refractivity contribution >= 4 is 23.7 Å². The van der Waals surface area contributed by atoms with Crippen molar-refractivity contribution in [3.05, 3.63) is 0 Å². The largest absolute Gasteiger partial charge is 0.480 e. The van der Waals surface area contributed by atoms with Gasteiger partial charge in [0.2, 0.25) is 17.7 Å². The minimum atomic E-state index is -1.56. The monoisotopic (exact) mass is 330 g/mol. The van der Waals surface area contributed by atoms with Crippen LogP contribution in [0.1, 0.15) is 26.2 Å². The summed E-state index contributed by atoms with van der Waals surface area (Å²) < 4.78 is 0. The summed E-state index contributed by atoms with van der Waals surface area (Å²) in [6.45, 7) is 1.87. The van der Waals surface area contributed by atoms with Gasteiger partial charge in [-0.1, -0.05) is 0 Å². The zero-order chi connectivity index (χ0) is 17.6. The van der Waals surface area contributed by atoms with Crippen molar-refractivity contribution in [2.45, 2.75) is 50.4 Å². The SMILES string of the molecule is C[C@@H](O)[C@H](NC(=O)[C@@H](CC(N)=O)NC(=O)[C@@H]1CCCN1)C(=O)O. The number of carboxylic acids is 1. The summed E-state index contributed by atoms with van der Waals surface area (Å²) in [4.78, 5) is 46.2. The van der Waals surface area contributed by atoms with Crippen LogP contribution in [0.15, 0.2) is 0 Å². The molecule has 1 aliphatic heterocycles. The van der Waals surface area contributed by atoms with E-state index in [4.69, 9.17) is 10.8 Å². The highest BCUT2D eigenvalue weighted by atomic mass is 16.4. The number of amides is 3. The number of rotatable bonds is 8. The van der Waals surface area contributed by atoms with Gasteiger partial charge in [0.1, 0.15) is 6.04 Å². The molecule has 3 amide bonds. The average Bonchev–Trinajstić information content (AvgIpc) is 2.96. The second-order valence-corrected chi connectivity index (χ2v) is 5.45. The molecule has 0 unspecified atom stereocenters. The number of nitrogens with one attached hydrogen (secondary N) is 3. The van der Waals surface area contributed by atoms with Crippen molar-refractivity contribution in [2.24, 2.45) is 5.73 Å². The third-order valence-corrected chi connectivity index (χ3v) is 3.46. The van der Waals surface area contributed by atoms with Gasteiger partial charge in [-0.05, 0) is 26.3 Å². The molecule has 130 valence electrons. The zero-order valence-corrected chi connectivity index (χ0v) is 12.7. The topological polar surface area (TPSA) is 171 Å². The molecule has 0 bridgehead atoms. The lowest BCUT2D eigenvalue weighted by Gasteiger charge is -2.23. The van der Waals surface area contributed by atoms with Crippen molar-refractivity contribution in [3.63, 3.8) is 0 Å². The number of carboxylic acid groups (broad SMARTS) is 1. The number of carbonyl (C=O) groups is 4. The first-order chi connectivity index (χ1) is 10.7. The molecule has 4 atom stereocenters. The molecule has 0 spiro atoms. The Morgan fingerprint density at radius 2 is 1.96 bits per heavy atom. The number of aliphatic carboxylic acids is 1. The van der Waals surface area contributed by atoms with Crippen molar-refractivity contribution in [1.29, 1.82) is 0 Å². The van der Waals surface area contributed by atoms with Gasteiger partial charge < -0.3 is 31.9 Å². The number of aliphatic hydroxyl groups excluding tert-OH is 1. The van der Waals surface area contributed by atoms with Gasteiger partial charge in [0.05, 0.1) is 18.6 Å². The molecule has 1 rings (SSSR count). The van der Waals surface area contributed by atoms with Gasteiger partial charge in [0.25, 0.3) is 0 Å². The Labute approximate surface area is 132 Å². The van der Waals surface area contributed by atoms with Gasteiger partial charge >= 0.3 is 5.97 Å². The number of aliphatic hydroxyl groups is 1. The van der Waals surface area contributed by atoms with Crippen LogP contribution in [0.3, 0.4) is 0 Å². The number of hydrogen-bond donors (Lipinski definition) is 6. The minimum absolute atomic E-state index is 0.465. The van der Waals surface area contributed by atoms with Crippen LogP contribution < -0.4 is 21.7 Å². The van der Waals surface area contributed by atoms with E-state index in [1.54, 1.807) is 0 Å². The van der Waals surface area contributed by atoms with Crippen LogP contribution in [0.4, 0.5) is 0 Å². The molecule has 7 N–H and O–H groups in total. The highest BCUT2D eigenvalue weighted by molar-refractivity contribution is 5.94. The predicted octanol–water partition coefficient (Wildman–Crippen LogP) is -2.95. The molecule has 1 aliphatic rings. The first-order valence-corrected chi connectivity index (χ1v) is 7.25. The van der Waals surface area contributed by atoms with E-state index in [1.807, 2.05) is 0 Å². The lowest BCUT2D eigenvalue weighted by atomic mass is 10.1. The fraction of sp³-hybridized carbons (Fsp3) is 0.692. The zero-order valence-electron chi connectivity index (χ0n) is 12.7. The minimum Gasteiger partial charge on any atom is -0.480 e. The molecule has 1 saturated heterocycles. The van der Waals surface area contributed by atoms with Crippen LogP contribution in [-0.4, -0.2) is 64.7 Å². The normalized spacial score (nSPS) is 21.0. The Balaban J connectivity index is 2.75. The number of hydrogen-bond acceptors (Lipinski definition) is 6. The average molecular weight is 330 g/mol. The molecule has 0 aliphatic carbocycles. The number of nitrogens with two attached hydrogens (primary N) is 1. The molecule has 10 nitrogen and oxygen atoms in total. The maximum atomic E-state index is 12.1. The highest BCUT2D eigenvalue weighted by Crippen LogP contribution is 2.06. The third-order valence-electron chi connectivity index (χ3n) is 3.46. The predicted molar refractivity (Wildman–Crippen MR) is 78.0 cm³/mol. The lowest BCUT2D eigenvalue weighted by Crippen LogP contribution is -2.57. The van der Waals surface area contributed by atoms with E-state index in [-0.39, 0.29) is 0 Å². The Morgan fingerprint density at radius 1 is 1.30 bits per heavy atom. The van der Waals surface area contributed by atoms with E-state index < -0.39 is 54.3 Å². The molecule has 0 saturated carbocycles. The molecular formula is C13H22N4O6. The summed E-state index contributed by atoms with van der Waals surface area (Å²) in [5, 5.41) is 25.7. The standard InChI is InChI=1S/C13H22N4O6/c1-6(18)10(13(22)23)17-12(21)8(5-9(14)19)16-11(20)7-3-2-4-15-7/h6-8,10,15,18H,2-5H2,1H3,(H2,14,19)(H,16,20)(H,17,21)(H,22,23)/t6-,7+,8-,10+/m1/s1. The van der Waals surface area contributed by atoms with Crippen LogP contribution in [0, 0.1) is 0 Å². The summed E-state index contributed by atoms with van der Waals surface area (Å²) in [5.74, 6) is -3.63. The van der Waals surface area contributed by atoms with E-state index in [1.165, 1.54) is 6.92 Å². The Hall–Kier alpha value is -2.20. The molecule has 23 heavy (non-hydrogen) atoms. The summed E-state index contributed by atoms with van der Waals surface area (Å²) in [7, 11) is 0. The molecule has 1 heterocycles. The summed E-state index contributed by atoms with van der Waals surface area (Å²) in [5.41, 5.74) is 5.06. The number of primary amides is 1. The van der Waals surface area contributed by atoms with Crippen molar-refractivity contribution < 1.29 is 29.4 Å². The smallest absolute Gasteiger partial charge is 0.328 e. The Bertz CT molecular complexity index is 475. The van der Waals surface area contributed by atoms with Crippen molar-refractivity contribution in [3.8, 4) is 0 Å².